The first-order chi connectivity index (χ1) is 16.4. The van der Waals surface area contributed by atoms with E-state index >= 15 is 0 Å². The van der Waals surface area contributed by atoms with Gasteiger partial charge in [-0.25, -0.2) is 8.42 Å². The maximum atomic E-state index is 14.6. The number of sulfone groups is 1. The summed E-state index contributed by atoms with van der Waals surface area (Å²) in [6.07, 6.45) is 1.27. The molecule has 1 aliphatic heterocycles. The number of Topliss-reactive ketones (excluding diaryl/α,β-unsaturated/α-hetero) is 2. The van der Waals surface area contributed by atoms with Crippen molar-refractivity contribution < 1.29 is 36.4 Å². The van der Waals surface area contributed by atoms with Crippen LogP contribution in [-0.2, 0) is 43.2 Å². The normalized spacial score (nSPS) is 18.5. The van der Waals surface area contributed by atoms with Crippen LogP contribution < -0.4 is 5.32 Å². The van der Waals surface area contributed by atoms with Gasteiger partial charge in [0.1, 0.15) is 5.78 Å². The van der Waals surface area contributed by atoms with Gasteiger partial charge in [0.2, 0.25) is 0 Å². The molecule has 11 heteroatoms. The van der Waals surface area contributed by atoms with Crippen LogP contribution in [0.5, 0.6) is 0 Å². The maximum absolute atomic E-state index is 14.6. The van der Waals surface area contributed by atoms with Gasteiger partial charge < -0.3 is 10.2 Å². The third-order valence-electron chi connectivity index (χ3n) is 6.20. The largest absolute Gasteiger partial charge is 0.349 e. The molecule has 2 amide bonds. The average molecular weight is 505 g/mol. The number of halogens is 2. The zero-order valence-corrected chi connectivity index (χ0v) is 19.5. The van der Waals surface area contributed by atoms with Crippen LogP contribution in [0.4, 0.5) is 8.78 Å². The number of rotatable bonds is 6. The van der Waals surface area contributed by atoms with Crippen molar-refractivity contribution in [1.29, 1.82) is 0 Å². The first-order valence-corrected chi connectivity index (χ1v) is 12.7. The zero-order chi connectivity index (χ0) is 25.5. The highest BCUT2D eigenvalue weighted by molar-refractivity contribution is 7.90. The van der Waals surface area contributed by atoms with E-state index in [4.69, 9.17) is 0 Å². The Kier molecular flexibility index (Phi) is 6.31. The molecule has 0 aromatic heterocycles. The van der Waals surface area contributed by atoms with Gasteiger partial charge in [0, 0.05) is 36.9 Å². The molecule has 1 N–H and O–H groups in total. The quantitative estimate of drug-likeness (QED) is 0.603. The van der Waals surface area contributed by atoms with Crippen molar-refractivity contribution in [3.05, 3.63) is 64.7 Å². The van der Waals surface area contributed by atoms with Gasteiger partial charge in [0.25, 0.3) is 11.8 Å². The summed E-state index contributed by atoms with van der Waals surface area (Å²) in [5.74, 6) is -6.20. The predicted octanol–water partition coefficient (Wildman–Crippen LogP) is 2.14. The van der Waals surface area contributed by atoms with Crippen molar-refractivity contribution in [1.82, 2.24) is 10.2 Å². The summed E-state index contributed by atoms with van der Waals surface area (Å²) in [5, 5.41) is 2.17. The topological polar surface area (TPSA) is 118 Å². The van der Waals surface area contributed by atoms with Crippen LogP contribution >= 0.6 is 0 Å². The van der Waals surface area contributed by atoms with Crippen LogP contribution in [0.3, 0.4) is 0 Å². The molecule has 35 heavy (non-hydrogen) atoms. The molecule has 2 aromatic rings. The summed E-state index contributed by atoms with van der Waals surface area (Å²) in [6.45, 7) is -0.0719. The number of carbonyl (C=O) groups is 4. The van der Waals surface area contributed by atoms with Crippen molar-refractivity contribution >= 4 is 33.2 Å². The Balaban J connectivity index is 1.43. The molecule has 4 rings (SSSR count). The average Bonchev–Trinajstić information content (AvgIpc) is 3.12. The SMILES string of the molecule is CS(=O)(=O)c1ccc(C(F)(F)C(=O)NCc2ccc3c(c2)CN(C2CCC(=O)CC2=O)C3=O)cc1. The van der Waals surface area contributed by atoms with Crippen LogP contribution in [0, 0.1) is 0 Å². The number of ketones is 2. The van der Waals surface area contributed by atoms with Crippen molar-refractivity contribution in [3.63, 3.8) is 0 Å². The minimum atomic E-state index is -3.89. The first-order valence-electron chi connectivity index (χ1n) is 10.8. The summed E-state index contributed by atoms with van der Waals surface area (Å²) in [6, 6.07) is 7.83. The molecule has 184 valence electrons. The predicted molar refractivity (Wildman–Crippen MR) is 119 cm³/mol. The van der Waals surface area contributed by atoms with Crippen LogP contribution in [0.1, 0.15) is 46.3 Å². The number of hydrogen-bond donors (Lipinski definition) is 1. The van der Waals surface area contributed by atoms with Gasteiger partial charge >= 0.3 is 5.92 Å². The lowest BCUT2D eigenvalue weighted by molar-refractivity contribution is -0.147. The molecule has 0 spiro atoms. The maximum Gasteiger partial charge on any atom is 0.349 e. The third kappa shape index (κ3) is 4.86. The highest BCUT2D eigenvalue weighted by Gasteiger charge is 2.41. The lowest BCUT2D eigenvalue weighted by atomic mass is 9.92. The zero-order valence-electron chi connectivity index (χ0n) is 18.7. The molecule has 0 radical (unpaired) electrons. The summed E-state index contributed by atoms with van der Waals surface area (Å²) in [7, 11) is -3.56. The fraction of sp³-hybridized carbons (Fsp3) is 0.333. The molecule has 1 fully saturated rings. The van der Waals surface area contributed by atoms with Crippen LogP contribution in [-0.4, -0.2) is 49.0 Å². The lowest BCUT2D eigenvalue weighted by Gasteiger charge is -2.29. The van der Waals surface area contributed by atoms with Gasteiger partial charge in [-0.1, -0.05) is 24.3 Å². The van der Waals surface area contributed by atoms with Gasteiger partial charge in [-0.15, -0.1) is 0 Å². The number of nitrogens with zero attached hydrogens (tertiary/aromatic N) is 1. The van der Waals surface area contributed by atoms with E-state index in [0.717, 1.165) is 30.5 Å². The van der Waals surface area contributed by atoms with E-state index in [9.17, 15) is 36.4 Å². The van der Waals surface area contributed by atoms with Crippen molar-refractivity contribution in [2.45, 2.75) is 49.2 Å². The third-order valence-corrected chi connectivity index (χ3v) is 7.33. The Morgan fingerprint density at radius 3 is 2.43 bits per heavy atom. The van der Waals surface area contributed by atoms with Crippen LogP contribution in [0.15, 0.2) is 47.4 Å². The number of hydrogen-bond acceptors (Lipinski definition) is 6. The van der Waals surface area contributed by atoms with E-state index in [1.54, 1.807) is 6.07 Å². The molecule has 2 aromatic carbocycles. The number of amides is 2. The molecular formula is C24H22F2N2O6S. The molecule has 2 aliphatic rings. The Morgan fingerprint density at radius 2 is 1.80 bits per heavy atom. The van der Waals surface area contributed by atoms with E-state index in [2.05, 4.69) is 5.32 Å². The van der Waals surface area contributed by atoms with Gasteiger partial charge in [-0.3, -0.25) is 19.2 Å². The van der Waals surface area contributed by atoms with Crippen molar-refractivity contribution in [3.8, 4) is 0 Å². The summed E-state index contributed by atoms with van der Waals surface area (Å²) < 4.78 is 52.2. The number of fused-ring (bicyclic) bond motifs is 1. The summed E-state index contributed by atoms with van der Waals surface area (Å²) in [5.41, 5.74) is 0.837. The summed E-state index contributed by atoms with van der Waals surface area (Å²) >= 11 is 0. The second-order valence-electron chi connectivity index (χ2n) is 8.71. The lowest BCUT2D eigenvalue weighted by Crippen LogP contribution is -2.44. The van der Waals surface area contributed by atoms with E-state index in [1.807, 2.05) is 0 Å². The fourth-order valence-electron chi connectivity index (χ4n) is 4.28. The van der Waals surface area contributed by atoms with E-state index in [1.165, 1.54) is 17.0 Å². The molecule has 1 saturated carbocycles. The van der Waals surface area contributed by atoms with Crippen molar-refractivity contribution in [2.24, 2.45) is 0 Å². The van der Waals surface area contributed by atoms with Gasteiger partial charge in [0.15, 0.2) is 15.6 Å². The minimum absolute atomic E-state index is 0.138. The van der Waals surface area contributed by atoms with Crippen LogP contribution in [0.2, 0.25) is 0 Å². The Hall–Kier alpha value is -3.47. The Morgan fingerprint density at radius 1 is 1.11 bits per heavy atom. The number of nitrogens with one attached hydrogen (secondary N) is 1. The molecule has 1 aliphatic carbocycles. The van der Waals surface area contributed by atoms with E-state index in [0.29, 0.717) is 16.7 Å². The van der Waals surface area contributed by atoms with Gasteiger partial charge in [-0.05, 0) is 35.7 Å². The number of benzene rings is 2. The molecule has 1 atom stereocenters. The molecule has 0 saturated heterocycles. The molecule has 8 nitrogen and oxygen atoms in total. The van der Waals surface area contributed by atoms with E-state index in [-0.39, 0.29) is 54.7 Å². The standard InChI is InChI=1S/C24H22F2N2O6S/c1-35(33,34)18-6-3-16(4-7-18)24(25,26)23(32)27-12-14-2-8-19-15(10-14)13-28(22(19)31)20-9-5-17(29)11-21(20)30/h2-4,6-8,10,20H,5,9,11-13H2,1H3,(H,27,32). The minimum Gasteiger partial charge on any atom is -0.346 e. The second kappa shape index (κ2) is 8.95. The fourth-order valence-corrected chi connectivity index (χ4v) is 4.91. The highest BCUT2D eigenvalue weighted by Crippen LogP contribution is 2.31. The Labute approximate surface area is 200 Å². The molecular weight excluding hydrogens is 482 g/mol. The number of alkyl halides is 2. The monoisotopic (exact) mass is 504 g/mol. The van der Waals surface area contributed by atoms with Crippen LogP contribution in [0.25, 0.3) is 0 Å². The Bertz CT molecular complexity index is 1340. The molecule has 1 unspecified atom stereocenters. The second-order valence-corrected chi connectivity index (χ2v) is 10.7. The van der Waals surface area contributed by atoms with Gasteiger partial charge in [0.05, 0.1) is 17.4 Å². The van der Waals surface area contributed by atoms with Crippen molar-refractivity contribution in [2.75, 3.05) is 6.26 Å². The van der Waals surface area contributed by atoms with Gasteiger partial charge in [-0.2, -0.15) is 8.78 Å². The molecule has 0 bridgehead atoms. The number of carbonyl (C=O) groups excluding carboxylic acids is 4. The highest BCUT2D eigenvalue weighted by atomic mass is 32.2. The smallest absolute Gasteiger partial charge is 0.346 e. The van der Waals surface area contributed by atoms with E-state index < -0.39 is 33.3 Å². The summed E-state index contributed by atoms with van der Waals surface area (Å²) in [4.78, 5) is 50.0. The first kappa shape index (κ1) is 24.6. The molecule has 1 heterocycles.